The van der Waals surface area contributed by atoms with Crippen LogP contribution in [0.4, 0.5) is 49.9 Å². The minimum Gasteiger partial charge on any atom is -0.394 e. The Hall–Kier alpha value is -3.65. The lowest BCUT2D eigenvalue weighted by atomic mass is 10.1. The van der Waals surface area contributed by atoms with E-state index in [-0.39, 0.29) is 42.2 Å². The molecule has 3 rings (SSSR count). The average molecular weight is 502 g/mol. The van der Waals surface area contributed by atoms with Crippen LogP contribution in [0.3, 0.4) is 0 Å². The Morgan fingerprint density at radius 2 is 1.34 bits per heavy atom. The predicted molar refractivity (Wildman–Crippen MR) is 115 cm³/mol. The van der Waals surface area contributed by atoms with Gasteiger partial charge in [0.05, 0.1) is 23.8 Å². The van der Waals surface area contributed by atoms with Crippen molar-refractivity contribution in [1.29, 1.82) is 0 Å². The van der Waals surface area contributed by atoms with Gasteiger partial charge in [-0.15, -0.1) is 0 Å². The molecular formula is C21H20F6N6O2. The fourth-order valence-electron chi connectivity index (χ4n) is 2.80. The van der Waals surface area contributed by atoms with Crippen LogP contribution in [0, 0.1) is 0 Å². The third-order valence-corrected chi connectivity index (χ3v) is 4.49. The lowest BCUT2D eigenvalue weighted by Gasteiger charge is -2.14. The monoisotopic (exact) mass is 502 g/mol. The summed E-state index contributed by atoms with van der Waals surface area (Å²) in [5.74, 6) is -0.381. The van der Waals surface area contributed by atoms with Crippen LogP contribution < -0.4 is 16.0 Å². The summed E-state index contributed by atoms with van der Waals surface area (Å²) >= 11 is 0. The number of aromatic nitrogens is 3. The first kappa shape index (κ1) is 26.0. The van der Waals surface area contributed by atoms with Gasteiger partial charge in [0, 0.05) is 18.8 Å². The standard InChI is InChI=1S/C21H20F6N6O2/c22-20(23,24)13-4-1-3-12(7-13)9-28-17-31-18(29-10-16(35)11-34)33-19(32-17)30-15-6-2-5-14(8-15)21(25,26)27/h1-8,16,34-35H,9-11H2,(H3,28,29,30,31,32,33)/t16-/m1/s1. The van der Waals surface area contributed by atoms with Gasteiger partial charge in [0.1, 0.15) is 0 Å². The van der Waals surface area contributed by atoms with Crippen molar-refractivity contribution in [3.8, 4) is 0 Å². The molecule has 3 aromatic rings. The predicted octanol–water partition coefficient (Wildman–Crippen LogP) is 4.03. The maximum atomic E-state index is 13.0. The van der Waals surface area contributed by atoms with E-state index in [1.54, 1.807) is 0 Å². The highest BCUT2D eigenvalue weighted by atomic mass is 19.4. The number of nitrogens with one attached hydrogen (secondary N) is 3. The zero-order valence-electron chi connectivity index (χ0n) is 17.8. The molecule has 0 bridgehead atoms. The Morgan fingerprint density at radius 3 is 1.97 bits per heavy atom. The summed E-state index contributed by atoms with van der Waals surface area (Å²) in [4.78, 5) is 12.1. The van der Waals surface area contributed by atoms with Crippen molar-refractivity contribution in [3.05, 3.63) is 65.2 Å². The molecule has 0 aliphatic heterocycles. The topological polar surface area (TPSA) is 115 Å². The summed E-state index contributed by atoms with van der Waals surface area (Å²) in [7, 11) is 0. The smallest absolute Gasteiger partial charge is 0.394 e. The Morgan fingerprint density at radius 1 is 0.771 bits per heavy atom. The number of halogens is 6. The van der Waals surface area contributed by atoms with Gasteiger partial charge in [0.15, 0.2) is 0 Å². The first-order chi connectivity index (χ1) is 16.4. The Kier molecular flexibility index (Phi) is 7.96. The van der Waals surface area contributed by atoms with Crippen molar-refractivity contribution in [2.75, 3.05) is 29.1 Å². The van der Waals surface area contributed by atoms with Crippen LogP contribution in [-0.2, 0) is 18.9 Å². The maximum absolute atomic E-state index is 13.0. The summed E-state index contributed by atoms with van der Waals surface area (Å²) in [6, 6.07) is 8.88. The molecule has 0 fully saturated rings. The molecule has 8 nitrogen and oxygen atoms in total. The molecule has 5 N–H and O–H groups in total. The third kappa shape index (κ3) is 7.68. The summed E-state index contributed by atoms with van der Waals surface area (Å²) in [5, 5.41) is 26.5. The second kappa shape index (κ2) is 10.7. The average Bonchev–Trinajstić information content (AvgIpc) is 2.80. The van der Waals surface area contributed by atoms with E-state index in [2.05, 4.69) is 30.9 Å². The van der Waals surface area contributed by atoms with Crippen molar-refractivity contribution >= 4 is 23.5 Å². The summed E-state index contributed by atoms with van der Waals surface area (Å²) in [6.07, 6.45) is -10.2. The molecule has 1 aromatic heterocycles. The van der Waals surface area contributed by atoms with E-state index in [0.717, 1.165) is 24.3 Å². The van der Waals surface area contributed by atoms with Gasteiger partial charge in [-0.2, -0.15) is 41.3 Å². The number of nitrogens with zero attached hydrogens (tertiary/aromatic N) is 3. The fraction of sp³-hybridized carbons (Fsp3) is 0.286. The molecule has 0 aliphatic rings. The lowest BCUT2D eigenvalue weighted by Crippen LogP contribution is -2.24. The molecule has 2 aromatic carbocycles. The van der Waals surface area contributed by atoms with Gasteiger partial charge < -0.3 is 26.2 Å². The van der Waals surface area contributed by atoms with E-state index >= 15 is 0 Å². The van der Waals surface area contributed by atoms with Gasteiger partial charge in [-0.1, -0.05) is 18.2 Å². The lowest BCUT2D eigenvalue weighted by molar-refractivity contribution is -0.138. The number of alkyl halides is 6. The van der Waals surface area contributed by atoms with Crippen molar-refractivity contribution in [1.82, 2.24) is 15.0 Å². The number of benzene rings is 2. The van der Waals surface area contributed by atoms with E-state index in [1.807, 2.05) is 0 Å². The van der Waals surface area contributed by atoms with E-state index in [0.29, 0.717) is 0 Å². The third-order valence-electron chi connectivity index (χ3n) is 4.49. The molecule has 0 unspecified atom stereocenters. The minimum atomic E-state index is -4.57. The van der Waals surface area contributed by atoms with Crippen molar-refractivity contribution in [2.45, 2.75) is 25.0 Å². The number of anilines is 4. The van der Waals surface area contributed by atoms with Gasteiger partial charge in [-0.3, -0.25) is 0 Å². The summed E-state index contributed by atoms with van der Waals surface area (Å²) in [6.45, 7) is -0.805. The highest BCUT2D eigenvalue weighted by Gasteiger charge is 2.31. The number of aliphatic hydroxyl groups is 2. The number of hydrogen-bond donors (Lipinski definition) is 5. The minimum absolute atomic E-state index is 0.0243. The first-order valence-electron chi connectivity index (χ1n) is 10.1. The van der Waals surface area contributed by atoms with Crippen LogP contribution in [0.5, 0.6) is 0 Å². The maximum Gasteiger partial charge on any atom is 0.416 e. The number of rotatable bonds is 9. The van der Waals surface area contributed by atoms with Crippen LogP contribution in [0.25, 0.3) is 0 Å². The zero-order valence-corrected chi connectivity index (χ0v) is 17.8. The summed E-state index contributed by atoms with van der Waals surface area (Å²) < 4.78 is 77.9. The summed E-state index contributed by atoms with van der Waals surface area (Å²) in [5.41, 5.74) is -1.43. The van der Waals surface area contributed by atoms with Gasteiger partial charge in [0.25, 0.3) is 0 Å². The highest BCUT2D eigenvalue weighted by molar-refractivity contribution is 5.57. The molecule has 35 heavy (non-hydrogen) atoms. The Labute approximate surface area is 195 Å². The number of aliphatic hydroxyl groups excluding tert-OH is 2. The van der Waals surface area contributed by atoms with Crippen LogP contribution in [0.15, 0.2) is 48.5 Å². The van der Waals surface area contributed by atoms with E-state index in [9.17, 15) is 31.4 Å². The van der Waals surface area contributed by atoms with E-state index in [1.165, 1.54) is 24.3 Å². The van der Waals surface area contributed by atoms with Gasteiger partial charge in [-0.25, -0.2) is 0 Å². The second-order valence-corrected chi connectivity index (χ2v) is 7.28. The number of hydrogen-bond acceptors (Lipinski definition) is 8. The Bertz CT molecular complexity index is 1140. The molecule has 1 heterocycles. The van der Waals surface area contributed by atoms with E-state index < -0.39 is 36.2 Å². The Balaban J connectivity index is 1.83. The van der Waals surface area contributed by atoms with Crippen molar-refractivity contribution < 1.29 is 36.6 Å². The van der Waals surface area contributed by atoms with Gasteiger partial charge in [-0.05, 0) is 35.9 Å². The molecule has 14 heteroatoms. The molecule has 188 valence electrons. The quantitative estimate of drug-likeness (QED) is 0.279. The molecule has 0 saturated heterocycles. The van der Waals surface area contributed by atoms with Crippen LogP contribution >= 0.6 is 0 Å². The van der Waals surface area contributed by atoms with Crippen molar-refractivity contribution in [3.63, 3.8) is 0 Å². The molecule has 0 spiro atoms. The van der Waals surface area contributed by atoms with Crippen LogP contribution in [-0.4, -0.2) is 44.4 Å². The second-order valence-electron chi connectivity index (χ2n) is 7.28. The molecule has 0 radical (unpaired) electrons. The van der Waals surface area contributed by atoms with Crippen LogP contribution in [0.2, 0.25) is 0 Å². The van der Waals surface area contributed by atoms with E-state index in [4.69, 9.17) is 5.11 Å². The normalized spacial score (nSPS) is 12.8. The molecule has 0 amide bonds. The molecule has 0 aliphatic carbocycles. The van der Waals surface area contributed by atoms with Gasteiger partial charge in [0.2, 0.25) is 17.8 Å². The molecule has 1 atom stereocenters. The first-order valence-corrected chi connectivity index (χ1v) is 10.1. The largest absolute Gasteiger partial charge is 0.416 e. The molecular weight excluding hydrogens is 482 g/mol. The fourth-order valence-corrected chi connectivity index (χ4v) is 2.80. The van der Waals surface area contributed by atoms with Crippen molar-refractivity contribution in [2.24, 2.45) is 0 Å². The molecule has 0 saturated carbocycles. The van der Waals surface area contributed by atoms with Crippen LogP contribution in [0.1, 0.15) is 16.7 Å². The SMILES string of the molecule is OC[C@H](O)CNc1nc(NCc2cccc(C(F)(F)F)c2)nc(Nc2cccc(C(F)(F)F)c2)n1. The highest BCUT2D eigenvalue weighted by Crippen LogP contribution is 2.31. The zero-order chi connectivity index (χ0) is 25.6. The van der Waals surface area contributed by atoms with Gasteiger partial charge >= 0.3 is 12.4 Å².